The Labute approximate surface area is 228 Å². The summed E-state index contributed by atoms with van der Waals surface area (Å²) in [6.07, 6.45) is -0.320. The average Bonchev–Trinajstić information content (AvgIpc) is 3.35. The molecule has 0 aliphatic heterocycles. The van der Waals surface area contributed by atoms with E-state index in [1.54, 1.807) is 35.0 Å². The third kappa shape index (κ3) is 4.71. The second-order valence-corrected chi connectivity index (χ2v) is 9.00. The highest BCUT2D eigenvalue weighted by Gasteiger charge is 2.31. The molecular formula is C29H17F3N6O3. The minimum Gasteiger partial charge on any atom is -0.301 e. The molecule has 0 saturated carbocycles. The van der Waals surface area contributed by atoms with Gasteiger partial charge >= 0.3 is 6.18 Å². The van der Waals surface area contributed by atoms with Gasteiger partial charge in [0.1, 0.15) is 12.0 Å². The Kier molecular flexibility index (Phi) is 6.14. The first-order chi connectivity index (χ1) is 19.7. The van der Waals surface area contributed by atoms with Crippen LogP contribution in [0.2, 0.25) is 0 Å². The summed E-state index contributed by atoms with van der Waals surface area (Å²) in [6.45, 7) is 0. The predicted octanol–water partition coefficient (Wildman–Crippen LogP) is 6.21. The summed E-state index contributed by atoms with van der Waals surface area (Å²) in [6, 6.07) is 21.2. The fourth-order valence-corrected chi connectivity index (χ4v) is 4.50. The minimum absolute atomic E-state index is 0.0585. The van der Waals surface area contributed by atoms with E-state index in [2.05, 4.69) is 15.1 Å². The Hall–Kier alpha value is -5.65. The lowest BCUT2D eigenvalue weighted by Gasteiger charge is -2.12. The molecule has 0 bridgehead atoms. The third-order valence-corrected chi connectivity index (χ3v) is 6.45. The minimum atomic E-state index is -4.59. The molecule has 0 radical (unpaired) electrons. The maximum absolute atomic E-state index is 13.5. The van der Waals surface area contributed by atoms with Crippen LogP contribution in [-0.2, 0) is 6.18 Å². The molecule has 0 amide bonds. The highest BCUT2D eigenvalue weighted by atomic mass is 19.4. The molecule has 0 saturated heterocycles. The first-order valence-corrected chi connectivity index (χ1v) is 12.2. The summed E-state index contributed by atoms with van der Waals surface area (Å²) < 4.78 is 43.1. The molecule has 202 valence electrons. The first-order valence-electron chi connectivity index (χ1n) is 12.2. The molecule has 0 fully saturated rings. The summed E-state index contributed by atoms with van der Waals surface area (Å²) >= 11 is 0. The van der Waals surface area contributed by atoms with Gasteiger partial charge in [-0.3, -0.25) is 14.9 Å². The van der Waals surface area contributed by atoms with Crippen LogP contribution in [0.3, 0.4) is 0 Å². The molecule has 0 aliphatic rings. The lowest BCUT2D eigenvalue weighted by molar-refractivity contribution is -0.385. The van der Waals surface area contributed by atoms with E-state index in [-0.39, 0.29) is 22.5 Å². The van der Waals surface area contributed by atoms with Gasteiger partial charge < -0.3 is 4.57 Å². The lowest BCUT2D eigenvalue weighted by Crippen LogP contribution is -2.20. The van der Waals surface area contributed by atoms with Gasteiger partial charge in [-0.1, -0.05) is 42.5 Å². The van der Waals surface area contributed by atoms with Crippen LogP contribution in [0.5, 0.6) is 0 Å². The number of halogens is 3. The maximum Gasteiger partial charge on any atom is 0.416 e. The normalized spacial score (nSPS) is 12.0. The van der Waals surface area contributed by atoms with Crippen LogP contribution >= 0.6 is 0 Å². The van der Waals surface area contributed by atoms with E-state index < -0.39 is 22.2 Å². The zero-order valence-corrected chi connectivity index (χ0v) is 20.9. The molecule has 41 heavy (non-hydrogen) atoms. The van der Waals surface area contributed by atoms with Gasteiger partial charge in [0.2, 0.25) is 0 Å². The van der Waals surface area contributed by atoms with Gasteiger partial charge in [0.25, 0.3) is 11.2 Å². The Morgan fingerprint density at radius 2 is 1.68 bits per heavy atom. The van der Waals surface area contributed by atoms with Crippen molar-refractivity contribution in [2.75, 3.05) is 0 Å². The van der Waals surface area contributed by atoms with Crippen molar-refractivity contribution in [3.8, 4) is 17.2 Å². The number of benzene rings is 3. The standard InChI is InChI=1S/C29H17F3N6O3/c30-29(31,32)20-7-5-6-18(14-20)27-35-24-10-3-1-9-23(24)28(39)37(27)34-15-19-17-36(25-11-4-2-8-22(19)25)26-13-12-21(16-33-26)38(40)41/h1-17H. The number of hydrogen-bond acceptors (Lipinski definition) is 6. The molecule has 12 heteroatoms. The number of fused-ring (bicyclic) bond motifs is 2. The predicted molar refractivity (Wildman–Crippen MR) is 147 cm³/mol. The van der Waals surface area contributed by atoms with Crippen LogP contribution in [0.15, 0.2) is 107 Å². The molecule has 3 heterocycles. The second kappa shape index (κ2) is 9.83. The van der Waals surface area contributed by atoms with Crippen LogP contribution in [0.25, 0.3) is 39.0 Å². The first kappa shape index (κ1) is 25.6. The fourth-order valence-electron chi connectivity index (χ4n) is 4.50. The second-order valence-electron chi connectivity index (χ2n) is 9.00. The van der Waals surface area contributed by atoms with Crippen molar-refractivity contribution >= 4 is 33.7 Å². The summed E-state index contributed by atoms with van der Waals surface area (Å²) in [5, 5.41) is 16.4. The van der Waals surface area contributed by atoms with Crippen LogP contribution < -0.4 is 5.56 Å². The monoisotopic (exact) mass is 554 g/mol. The maximum atomic E-state index is 13.5. The zero-order chi connectivity index (χ0) is 28.7. The Bertz CT molecular complexity index is 2050. The molecule has 0 N–H and O–H groups in total. The highest BCUT2D eigenvalue weighted by molar-refractivity contribution is 6.00. The van der Waals surface area contributed by atoms with E-state index in [1.807, 2.05) is 24.3 Å². The average molecular weight is 554 g/mol. The Balaban J connectivity index is 1.52. The lowest BCUT2D eigenvalue weighted by atomic mass is 10.1. The number of hydrogen-bond donors (Lipinski definition) is 0. The van der Waals surface area contributed by atoms with Gasteiger partial charge in [-0.2, -0.15) is 22.9 Å². The van der Waals surface area contributed by atoms with E-state index in [0.29, 0.717) is 16.9 Å². The van der Waals surface area contributed by atoms with Crippen molar-refractivity contribution in [3.63, 3.8) is 0 Å². The van der Waals surface area contributed by atoms with Crippen molar-refractivity contribution in [2.24, 2.45) is 5.10 Å². The largest absolute Gasteiger partial charge is 0.416 e. The van der Waals surface area contributed by atoms with Crippen molar-refractivity contribution in [3.05, 3.63) is 129 Å². The molecule has 3 aromatic carbocycles. The van der Waals surface area contributed by atoms with Gasteiger partial charge in [-0.25, -0.2) is 9.97 Å². The summed E-state index contributed by atoms with van der Waals surface area (Å²) in [7, 11) is 0. The van der Waals surface area contributed by atoms with E-state index in [1.165, 1.54) is 30.5 Å². The van der Waals surface area contributed by atoms with Gasteiger partial charge in [0.15, 0.2) is 5.82 Å². The highest BCUT2D eigenvalue weighted by Crippen LogP contribution is 2.32. The Morgan fingerprint density at radius 1 is 0.927 bits per heavy atom. The quantitative estimate of drug-likeness (QED) is 0.143. The molecule has 9 nitrogen and oxygen atoms in total. The van der Waals surface area contributed by atoms with Gasteiger partial charge in [0.05, 0.1) is 33.1 Å². The number of aromatic nitrogens is 4. The van der Waals surface area contributed by atoms with E-state index in [4.69, 9.17) is 0 Å². The molecule has 6 aromatic rings. The van der Waals surface area contributed by atoms with E-state index in [9.17, 15) is 28.1 Å². The number of rotatable bonds is 5. The molecule has 0 unspecified atom stereocenters. The van der Waals surface area contributed by atoms with Crippen LogP contribution in [-0.4, -0.2) is 30.3 Å². The SMILES string of the molecule is O=c1c2ccccc2nc(-c2cccc(C(F)(F)F)c2)n1N=Cc1cn(-c2ccc([N+](=O)[O-])cn2)c2ccccc12. The van der Waals surface area contributed by atoms with Gasteiger partial charge in [0, 0.05) is 28.8 Å². The summed E-state index contributed by atoms with van der Waals surface area (Å²) in [5.41, 5.74) is 0.0756. The fraction of sp³-hybridized carbons (Fsp3) is 0.0345. The zero-order valence-electron chi connectivity index (χ0n) is 20.9. The number of alkyl halides is 3. The molecule has 3 aromatic heterocycles. The van der Waals surface area contributed by atoms with Crippen molar-refractivity contribution in [2.45, 2.75) is 6.18 Å². The van der Waals surface area contributed by atoms with E-state index in [0.717, 1.165) is 33.9 Å². The topological polar surface area (TPSA) is 108 Å². The van der Waals surface area contributed by atoms with Crippen molar-refractivity contribution in [1.29, 1.82) is 0 Å². The number of pyridine rings is 1. The van der Waals surface area contributed by atoms with Crippen LogP contribution in [0.4, 0.5) is 18.9 Å². The molecular weight excluding hydrogens is 537 g/mol. The van der Waals surface area contributed by atoms with E-state index >= 15 is 0 Å². The van der Waals surface area contributed by atoms with Gasteiger partial charge in [-0.05, 0) is 36.4 Å². The number of nitrogens with zero attached hydrogens (tertiary/aromatic N) is 6. The summed E-state index contributed by atoms with van der Waals surface area (Å²) in [4.78, 5) is 32.7. The smallest absolute Gasteiger partial charge is 0.301 e. The number of nitro groups is 1. The molecule has 0 spiro atoms. The molecule has 0 aliphatic carbocycles. The van der Waals surface area contributed by atoms with Crippen LogP contribution in [0.1, 0.15) is 11.1 Å². The third-order valence-electron chi connectivity index (χ3n) is 6.45. The Morgan fingerprint density at radius 3 is 2.41 bits per heavy atom. The summed E-state index contributed by atoms with van der Waals surface area (Å²) in [5.74, 6) is 0.359. The number of para-hydroxylation sites is 2. The van der Waals surface area contributed by atoms with Crippen molar-refractivity contribution < 1.29 is 18.1 Å². The van der Waals surface area contributed by atoms with Gasteiger partial charge in [-0.15, -0.1) is 0 Å². The van der Waals surface area contributed by atoms with Crippen molar-refractivity contribution in [1.82, 2.24) is 19.2 Å². The van der Waals surface area contributed by atoms with Crippen LogP contribution in [0, 0.1) is 10.1 Å². The molecule has 6 rings (SSSR count). The molecule has 0 atom stereocenters.